The normalized spacial score (nSPS) is 16.8. The van der Waals surface area contributed by atoms with Crippen molar-refractivity contribution in [3.05, 3.63) is 35.9 Å². The Kier molecular flexibility index (Phi) is 11.1. The van der Waals surface area contributed by atoms with Gasteiger partial charge in [0.1, 0.15) is 0 Å². The van der Waals surface area contributed by atoms with Gasteiger partial charge in [-0.3, -0.25) is 4.99 Å². The van der Waals surface area contributed by atoms with E-state index in [1.165, 1.54) is 12.0 Å². The van der Waals surface area contributed by atoms with Crippen molar-refractivity contribution < 1.29 is 9.84 Å². The number of benzene rings is 1. The van der Waals surface area contributed by atoms with Crippen LogP contribution in [-0.4, -0.2) is 42.9 Å². The van der Waals surface area contributed by atoms with E-state index in [1.54, 1.807) is 0 Å². The van der Waals surface area contributed by atoms with Gasteiger partial charge in [-0.1, -0.05) is 49.6 Å². The molecule has 0 aromatic heterocycles. The molecular weight excluding hydrogens is 429 g/mol. The predicted molar refractivity (Wildman–Crippen MR) is 114 cm³/mol. The zero-order valence-corrected chi connectivity index (χ0v) is 17.5. The lowest BCUT2D eigenvalue weighted by atomic mass is 9.85. The van der Waals surface area contributed by atoms with Crippen molar-refractivity contribution in [2.24, 2.45) is 4.99 Å². The van der Waals surface area contributed by atoms with Crippen LogP contribution in [-0.2, 0) is 11.3 Å². The second kappa shape index (κ2) is 12.5. The minimum Gasteiger partial charge on any atom is -0.388 e. The van der Waals surface area contributed by atoms with Gasteiger partial charge in [0.25, 0.3) is 0 Å². The van der Waals surface area contributed by atoms with Crippen molar-refractivity contribution >= 4 is 29.9 Å². The van der Waals surface area contributed by atoms with Crippen molar-refractivity contribution in [3.8, 4) is 0 Å². The quantitative estimate of drug-likeness (QED) is 0.241. The van der Waals surface area contributed by atoms with Crippen LogP contribution in [0, 0.1) is 0 Å². The molecule has 0 saturated heterocycles. The lowest BCUT2D eigenvalue weighted by Crippen LogP contribution is -2.41. The summed E-state index contributed by atoms with van der Waals surface area (Å²) in [5, 5.41) is 17.0. The summed E-state index contributed by atoms with van der Waals surface area (Å²) >= 11 is 0. The molecule has 0 unspecified atom stereocenters. The molecule has 6 heteroatoms. The van der Waals surface area contributed by atoms with Crippen molar-refractivity contribution in [2.45, 2.75) is 51.2 Å². The van der Waals surface area contributed by atoms with E-state index in [9.17, 15) is 5.11 Å². The zero-order valence-electron chi connectivity index (χ0n) is 15.2. The Morgan fingerprint density at radius 1 is 1.16 bits per heavy atom. The Morgan fingerprint density at radius 2 is 1.88 bits per heavy atom. The monoisotopic (exact) mass is 461 g/mol. The van der Waals surface area contributed by atoms with E-state index in [0.29, 0.717) is 26.3 Å². The molecule has 0 aliphatic heterocycles. The molecule has 142 valence electrons. The number of aliphatic imine (C=N–C) groups is 1. The number of hydrogen-bond acceptors (Lipinski definition) is 3. The Hall–Kier alpha value is -0.860. The molecule has 0 heterocycles. The molecule has 25 heavy (non-hydrogen) atoms. The topological polar surface area (TPSA) is 65.9 Å². The summed E-state index contributed by atoms with van der Waals surface area (Å²) < 4.78 is 5.67. The molecule has 2 rings (SSSR count). The van der Waals surface area contributed by atoms with Crippen LogP contribution in [0.5, 0.6) is 0 Å². The van der Waals surface area contributed by atoms with Gasteiger partial charge in [0, 0.05) is 13.1 Å². The first-order chi connectivity index (χ1) is 11.7. The van der Waals surface area contributed by atoms with Crippen molar-refractivity contribution in [2.75, 3.05) is 26.2 Å². The van der Waals surface area contributed by atoms with Crippen LogP contribution < -0.4 is 10.6 Å². The minimum atomic E-state index is -0.621. The maximum atomic E-state index is 10.5. The molecule has 0 bridgehead atoms. The van der Waals surface area contributed by atoms with Crippen LogP contribution in [0.4, 0.5) is 0 Å². The number of nitrogens with one attached hydrogen (secondary N) is 2. The third-order valence-corrected chi connectivity index (χ3v) is 4.31. The maximum absolute atomic E-state index is 10.5. The second-order valence-corrected chi connectivity index (χ2v) is 6.45. The molecule has 0 spiro atoms. The second-order valence-electron chi connectivity index (χ2n) is 6.45. The molecule has 1 fully saturated rings. The third-order valence-electron chi connectivity index (χ3n) is 4.31. The van der Waals surface area contributed by atoms with Gasteiger partial charge in [-0.2, -0.15) is 0 Å². The van der Waals surface area contributed by atoms with Gasteiger partial charge in [0.05, 0.1) is 25.4 Å². The highest BCUT2D eigenvalue weighted by Gasteiger charge is 2.28. The lowest BCUT2D eigenvalue weighted by Gasteiger charge is -2.30. The van der Waals surface area contributed by atoms with E-state index in [4.69, 9.17) is 4.74 Å². The summed E-state index contributed by atoms with van der Waals surface area (Å²) in [6.45, 7) is 5.23. The summed E-state index contributed by atoms with van der Waals surface area (Å²) in [6, 6.07) is 10.2. The summed E-state index contributed by atoms with van der Waals surface area (Å²) in [6.07, 6.45) is 5.14. The first-order valence-corrected chi connectivity index (χ1v) is 9.08. The number of ether oxygens (including phenoxy) is 1. The fourth-order valence-electron chi connectivity index (χ4n) is 2.94. The molecule has 5 nitrogen and oxygen atoms in total. The first-order valence-electron chi connectivity index (χ1n) is 9.08. The highest BCUT2D eigenvalue weighted by Crippen LogP contribution is 2.28. The van der Waals surface area contributed by atoms with Gasteiger partial charge < -0.3 is 20.5 Å². The summed E-state index contributed by atoms with van der Waals surface area (Å²) in [4.78, 5) is 4.55. The molecule has 3 N–H and O–H groups in total. The minimum absolute atomic E-state index is 0. The number of guanidine groups is 1. The summed E-state index contributed by atoms with van der Waals surface area (Å²) in [5.41, 5.74) is 0.558. The zero-order chi connectivity index (χ0) is 17.1. The van der Waals surface area contributed by atoms with Gasteiger partial charge in [0.15, 0.2) is 5.96 Å². The Morgan fingerprint density at radius 3 is 2.56 bits per heavy atom. The van der Waals surface area contributed by atoms with Crippen LogP contribution in [0.25, 0.3) is 0 Å². The van der Waals surface area contributed by atoms with E-state index in [2.05, 4.69) is 27.8 Å². The van der Waals surface area contributed by atoms with E-state index < -0.39 is 5.60 Å². The third kappa shape index (κ3) is 8.87. The fourth-order valence-corrected chi connectivity index (χ4v) is 2.94. The fraction of sp³-hybridized carbons (Fsp3) is 0.632. The van der Waals surface area contributed by atoms with Gasteiger partial charge in [0.2, 0.25) is 0 Å². The van der Waals surface area contributed by atoms with E-state index in [1.807, 2.05) is 25.1 Å². The molecule has 1 aromatic rings. The van der Waals surface area contributed by atoms with E-state index in [-0.39, 0.29) is 24.0 Å². The largest absolute Gasteiger partial charge is 0.388 e. The van der Waals surface area contributed by atoms with Gasteiger partial charge in [-0.05, 0) is 25.3 Å². The van der Waals surface area contributed by atoms with Crippen LogP contribution in [0.15, 0.2) is 35.3 Å². The molecule has 0 radical (unpaired) electrons. The first kappa shape index (κ1) is 22.2. The SMILES string of the molecule is CCNC(=NCC1(O)CCCCC1)NCCOCc1ccccc1.I. The maximum Gasteiger partial charge on any atom is 0.191 e. The molecule has 0 atom stereocenters. The van der Waals surface area contributed by atoms with Gasteiger partial charge >= 0.3 is 0 Å². The van der Waals surface area contributed by atoms with Gasteiger partial charge in [-0.15, -0.1) is 24.0 Å². The number of rotatable bonds is 8. The predicted octanol–water partition coefficient (Wildman–Crippen LogP) is 3.07. The van der Waals surface area contributed by atoms with E-state index >= 15 is 0 Å². The average Bonchev–Trinajstić information content (AvgIpc) is 2.61. The van der Waals surface area contributed by atoms with Gasteiger partial charge in [-0.25, -0.2) is 0 Å². The Labute approximate surface area is 168 Å². The Balaban J connectivity index is 0.00000312. The van der Waals surface area contributed by atoms with Crippen LogP contribution in [0.3, 0.4) is 0 Å². The molecule has 1 saturated carbocycles. The smallest absolute Gasteiger partial charge is 0.191 e. The molecule has 1 aliphatic carbocycles. The van der Waals surface area contributed by atoms with Crippen molar-refractivity contribution in [1.29, 1.82) is 0 Å². The number of hydrogen-bond donors (Lipinski definition) is 3. The van der Waals surface area contributed by atoms with Crippen LogP contribution in [0.1, 0.15) is 44.6 Å². The summed E-state index contributed by atoms with van der Waals surface area (Å²) in [5.74, 6) is 0.750. The number of aliphatic hydroxyl groups is 1. The summed E-state index contributed by atoms with van der Waals surface area (Å²) in [7, 11) is 0. The van der Waals surface area contributed by atoms with Crippen LogP contribution >= 0.6 is 24.0 Å². The standard InChI is InChI=1S/C19H31N3O2.HI/c1-2-20-18(22-16-19(23)11-7-4-8-12-19)21-13-14-24-15-17-9-5-3-6-10-17;/h3,5-6,9-10,23H,2,4,7-8,11-16H2,1H3,(H2,20,21,22);1H. The van der Waals surface area contributed by atoms with Crippen molar-refractivity contribution in [3.63, 3.8) is 0 Å². The van der Waals surface area contributed by atoms with Crippen LogP contribution in [0.2, 0.25) is 0 Å². The van der Waals surface area contributed by atoms with Crippen molar-refractivity contribution in [1.82, 2.24) is 10.6 Å². The molecular formula is C19H32IN3O2. The van der Waals surface area contributed by atoms with E-state index in [0.717, 1.165) is 38.2 Å². The molecule has 1 aromatic carbocycles. The Bertz CT molecular complexity index is 491. The lowest BCUT2D eigenvalue weighted by molar-refractivity contribution is 0.0131. The average molecular weight is 461 g/mol. The number of nitrogens with zero attached hydrogens (tertiary/aromatic N) is 1. The molecule has 1 aliphatic rings. The number of halogens is 1. The molecule has 0 amide bonds. The highest BCUT2D eigenvalue weighted by molar-refractivity contribution is 14.0. The highest BCUT2D eigenvalue weighted by atomic mass is 127.